The maximum Gasteiger partial charge on any atom is 0.145 e. The second kappa shape index (κ2) is 7.91. The Morgan fingerprint density at radius 1 is 1.42 bits per heavy atom. The van der Waals surface area contributed by atoms with E-state index in [-0.39, 0.29) is 0 Å². The Bertz CT molecular complexity index is 383. The molecule has 0 saturated heterocycles. The number of ether oxygens (including phenoxy) is 1. The first-order valence-corrected chi connectivity index (χ1v) is 6.72. The molecule has 3 N–H and O–H groups in total. The maximum absolute atomic E-state index is 5.48. The molecule has 1 aromatic heterocycles. The lowest BCUT2D eigenvalue weighted by atomic mass is 10.3. The van der Waals surface area contributed by atoms with Gasteiger partial charge in [-0.05, 0) is 20.3 Å². The summed E-state index contributed by atoms with van der Waals surface area (Å²) >= 11 is 0. The fourth-order valence-corrected chi connectivity index (χ4v) is 1.87. The number of nitrogen functional groups attached to an aromatic ring is 1. The van der Waals surface area contributed by atoms with Crippen LogP contribution in [0.25, 0.3) is 0 Å². The summed E-state index contributed by atoms with van der Waals surface area (Å²) in [6.07, 6.45) is 1.85. The lowest BCUT2D eigenvalue weighted by Gasteiger charge is -2.28. The van der Waals surface area contributed by atoms with Gasteiger partial charge in [0.25, 0.3) is 0 Å². The highest BCUT2D eigenvalue weighted by atomic mass is 16.5. The van der Waals surface area contributed by atoms with Crippen molar-refractivity contribution in [3.63, 3.8) is 0 Å². The van der Waals surface area contributed by atoms with Crippen molar-refractivity contribution >= 4 is 11.6 Å². The quantitative estimate of drug-likeness (QED) is 0.550. The molecule has 0 amide bonds. The average Bonchev–Trinajstić information content (AvgIpc) is 2.39. The highest BCUT2D eigenvalue weighted by molar-refractivity contribution is 5.49. The minimum Gasteiger partial charge on any atom is -0.383 e. The molecule has 0 fully saturated rings. The van der Waals surface area contributed by atoms with Gasteiger partial charge in [0.1, 0.15) is 17.5 Å². The standard InChI is InChI=1S/C13H25N5O/c1-5-6-11-15-12(17-14)9-13(16-11)18(10(2)3)7-8-19-4/h9-10H,5-8,14H2,1-4H3,(H,15,16,17). The number of aromatic nitrogens is 2. The first kappa shape index (κ1) is 15.7. The predicted octanol–water partition coefficient (Wildman–Crippen LogP) is 1.58. The van der Waals surface area contributed by atoms with Crippen molar-refractivity contribution < 1.29 is 4.74 Å². The molecule has 108 valence electrons. The van der Waals surface area contributed by atoms with E-state index in [1.165, 1.54) is 0 Å². The lowest BCUT2D eigenvalue weighted by Crippen LogP contribution is -2.35. The Kier molecular flexibility index (Phi) is 6.52. The van der Waals surface area contributed by atoms with Gasteiger partial charge in [-0.2, -0.15) is 0 Å². The number of methoxy groups -OCH3 is 1. The van der Waals surface area contributed by atoms with Crippen molar-refractivity contribution in [2.75, 3.05) is 30.6 Å². The number of hydrogen-bond donors (Lipinski definition) is 2. The number of rotatable bonds is 8. The summed E-state index contributed by atoms with van der Waals surface area (Å²) in [5.41, 5.74) is 2.61. The van der Waals surface area contributed by atoms with E-state index in [1.807, 2.05) is 6.07 Å². The maximum atomic E-state index is 5.48. The first-order chi connectivity index (χ1) is 9.12. The zero-order valence-electron chi connectivity index (χ0n) is 12.3. The molecule has 0 unspecified atom stereocenters. The van der Waals surface area contributed by atoms with Crippen molar-refractivity contribution in [1.29, 1.82) is 0 Å². The van der Waals surface area contributed by atoms with Gasteiger partial charge in [-0.1, -0.05) is 6.92 Å². The van der Waals surface area contributed by atoms with Gasteiger partial charge < -0.3 is 15.1 Å². The van der Waals surface area contributed by atoms with Gasteiger partial charge in [-0.25, -0.2) is 15.8 Å². The molecule has 0 atom stereocenters. The van der Waals surface area contributed by atoms with Crippen LogP contribution in [0.4, 0.5) is 11.6 Å². The van der Waals surface area contributed by atoms with Gasteiger partial charge in [-0.3, -0.25) is 0 Å². The van der Waals surface area contributed by atoms with Crippen molar-refractivity contribution in [1.82, 2.24) is 9.97 Å². The molecular formula is C13H25N5O. The number of nitrogens with zero attached hydrogens (tertiary/aromatic N) is 3. The highest BCUT2D eigenvalue weighted by Gasteiger charge is 2.14. The van der Waals surface area contributed by atoms with E-state index < -0.39 is 0 Å². The molecule has 0 aliphatic heterocycles. The Morgan fingerprint density at radius 3 is 2.68 bits per heavy atom. The number of nitrogens with one attached hydrogen (secondary N) is 1. The summed E-state index contributed by atoms with van der Waals surface area (Å²) in [7, 11) is 1.70. The number of hydrogen-bond acceptors (Lipinski definition) is 6. The van der Waals surface area contributed by atoms with Crippen molar-refractivity contribution in [2.24, 2.45) is 5.84 Å². The van der Waals surface area contributed by atoms with Crippen LogP contribution in [-0.2, 0) is 11.2 Å². The summed E-state index contributed by atoms with van der Waals surface area (Å²) in [6.45, 7) is 7.83. The minimum absolute atomic E-state index is 0.338. The molecule has 1 aromatic rings. The normalized spacial score (nSPS) is 10.8. The third-order valence-electron chi connectivity index (χ3n) is 2.83. The minimum atomic E-state index is 0.338. The highest BCUT2D eigenvalue weighted by Crippen LogP contribution is 2.18. The van der Waals surface area contributed by atoms with Crippen LogP contribution in [-0.4, -0.2) is 36.3 Å². The Balaban J connectivity index is 3.02. The first-order valence-electron chi connectivity index (χ1n) is 6.72. The molecule has 0 saturated carbocycles. The van der Waals surface area contributed by atoms with Crippen LogP contribution < -0.4 is 16.2 Å². The van der Waals surface area contributed by atoms with E-state index in [9.17, 15) is 0 Å². The molecule has 0 aliphatic rings. The van der Waals surface area contributed by atoms with Crippen molar-refractivity contribution in [3.05, 3.63) is 11.9 Å². The van der Waals surface area contributed by atoms with Gasteiger partial charge in [0.15, 0.2) is 0 Å². The van der Waals surface area contributed by atoms with Crippen LogP contribution in [0.15, 0.2) is 6.07 Å². The number of aryl methyl sites for hydroxylation is 1. The zero-order chi connectivity index (χ0) is 14.3. The van der Waals surface area contributed by atoms with Gasteiger partial charge >= 0.3 is 0 Å². The lowest BCUT2D eigenvalue weighted by molar-refractivity contribution is 0.203. The van der Waals surface area contributed by atoms with E-state index in [2.05, 4.69) is 41.1 Å². The molecule has 0 aromatic carbocycles. The average molecular weight is 267 g/mol. The summed E-state index contributed by atoms with van der Waals surface area (Å²) in [5, 5.41) is 0. The van der Waals surface area contributed by atoms with E-state index in [0.717, 1.165) is 31.0 Å². The van der Waals surface area contributed by atoms with E-state index in [4.69, 9.17) is 10.6 Å². The predicted molar refractivity (Wildman–Crippen MR) is 78.2 cm³/mol. The third kappa shape index (κ3) is 4.65. The van der Waals surface area contributed by atoms with Crippen LogP contribution >= 0.6 is 0 Å². The second-order valence-corrected chi connectivity index (χ2v) is 4.70. The van der Waals surface area contributed by atoms with E-state index in [0.29, 0.717) is 18.5 Å². The Labute approximate surface area is 115 Å². The number of nitrogens with two attached hydrogens (primary N) is 1. The second-order valence-electron chi connectivity index (χ2n) is 4.70. The molecule has 0 aliphatic carbocycles. The van der Waals surface area contributed by atoms with Crippen LogP contribution in [0, 0.1) is 0 Å². The van der Waals surface area contributed by atoms with Gasteiger partial charge in [0.05, 0.1) is 6.61 Å². The fraction of sp³-hybridized carbons (Fsp3) is 0.692. The molecule has 6 heteroatoms. The molecular weight excluding hydrogens is 242 g/mol. The van der Waals surface area contributed by atoms with Crippen LogP contribution in [0.2, 0.25) is 0 Å². The molecule has 0 spiro atoms. The van der Waals surface area contributed by atoms with Gasteiger partial charge in [0.2, 0.25) is 0 Å². The van der Waals surface area contributed by atoms with Crippen LogP contribution in [0.1, 0.15) is 33.0 Å². The van der Waals surface area contributed by atoms with Crippen molar-refractivity contribution in [2.45, 2.75) is 39.7 Å². The largest absolute Gasteiger partial charge is 0.383 e. The Morgan fingerprint density at radius 2 is 2.16 bits per heavy atom. The molecule has 6 nitrogen and oxygen atoms in total. The zero-order valence-corrected chi connectivity index (χ0v) is 12.3. The van der Waals surface area contributed by atoms with Gasteiger partial charge in [0, 0.05) is 32.2 Å². The van der Waals surface area contributed by atoms with Crippen LogP contribution in [0.5, 0.6) is 0 Å². The van der Waals surface area contributed by atoms with E-state index in [1.54, 1.807) is 7.11 Å². The SMILES string of the molecule is CCCc1nc(NN)cc(N(CCOC)C(C)C)n1. The monoisotopic (exact) mass is 267 g/mol. The van der Waals surface area contributed by atoms with Gasteiger partial charge in [-0.15, -0.1) is 0 Å². The number of anilines is 2. The van der Waals surface area contributed by atoms with Crippen LogP contribution in [0.3, 0.4) is 0 Å². The molecule has 0 bridgehead atoms. The summed E-state index contributed by atoms with van der Waals surface area (Å²) in [6, 6.07) is 2.21. The summed E-state index contributed by atoms with van der Waals surface area (Å²) < 4.78 is 5.15. The molecule has 19 heavy (non-hydrogen) atoms. The smallest absolute Gasteiger partial charge is 0.145 e. The molecule has 1 rings (SSSR count). The third-order valence-corrected chi connectivity index (χ3v) is 2.83. The molecule has 0 radical (unpaired) electrons. The fourth-order valence-electron chi connectivity index (χ4n) is 1.87. The summed E-state index contributed by atoms with van der Waals surface area (Å²) in [4.78, 5) is 11.2. The Hall–Kier alpha value is -1.40. The molecule has 1 heterocycles. The summed E-state index contributed by atoms with van der Waals surface area (Å²) in [5.74, 6) is 7.83. The van der Waals surface area contributed by atoms with E-state index >= 15 is 0 Å². The topological polar surface area (TPSA) is 76.3 Å². The van der Waals surface area contributed by atoms with Crippen molar-refractivity contribution in [3.8, 4) is 0 Å². The number of hydrazine groups is 1.